The van der Waals surface area contributed by atoms with Gasteiger partial charge in [-0.05, 0) is 26.0 Å². The van der Waals surface area contributed by atoms with Gasteiger partial charge in [-0.25, -0.2) is 8.42 Å². The Morgan fingerprint density at radius 1 is 1.29 bits per heavy atom. The molecule has 21 heavy (non-hydrogen) atoms. The average Bonchev–Trinajstić information content (AvgIpc) is 2.46. The van der Waals surface area contributed by atoms with Crippen LogP contribution in [0.15, 0.2) is 41.6 Å². The van der Waals surface area contributed by atoms with Gasteiger partial charge >= 0.3 is 0 Å². The summed E-state index contributed by atoms with van der Waals surface area (Å²) in [4.78, 5) is 4.42. The smallest absolute Gasteiger partial charge is 0.244 e. The molecule has 1 aliphatic heterocycles. The lowest BCUT2D eigenvalue weighted by atomic mass is 10.0. The molecule has 2 heterocycles. The Bertz CT molecular complexity index is 766. The quantitative estimate of drug-likeness (QED) is 0.915. The Morgan fingerprint density at radius 3 is 2.86 bits per heavy atom. The van der Waals surface area contributed by atoms with E-state index in [0.29, 0.717) is 24.5 Å². The van der Waals surface area contributed by atoms with Gasteiger partial charge in [-0.15, -0.1) is 0 Å². The molecule has 112 valence electrons. The Labute approximate surface area is 125 Å². The van der Waals surface area contributed by atoms with Crippen LogP contribution in [-0.2, 0) is 10.0 Å². The maximum absolute atomic E-state index is 13.1. The standard InChI is InChI=1S/C15H19N3O2S/c1-15(2)11-17-8-9-18(15)21(19,20)14-5-3-4-12-10-16-7-6-13(12)14/h3-7,10,17H,8-9,11H2,1-2H3. The minimum absolute atomic E-state index is 0.359. The number of piperazine rings is 1. The molecule has 0 spiro atoms. The van der Waals surface area contributed by atoms with Crippen LogP contribution in [0, 0.1) is 0 Å². The van der Waals surface area contributed by atoms with Crippen molar-refractivity contribution in [2.24, 2.45) is 0 Å². The first-order chi connectivity index (χ1) is 9.93. The minimum atomic E-state index is -3.53. The maximum atomic E-state index is 13.1. The van der Waals surface area contributed by atoms with Crippen molar-refractivity contribution in [3.63, 3.8) is 0 Å². The van der Waals surface area contributed by atoms with E-state index in [-0.39, 0.29) is 0 Å². The van der Waals surface area contributed by atoms with E-state index >= 15 is 0 Å². The predicted molar refractivity (Wildman–Crippen MR) is 82.6 cm³/mol. The summed E-state index contributed by atoms with van der Waals surface area (Å²) >= 11 is 0. The third kappa shape index (κ3) is 2.43. The number of hydrogen-bond donors (Lipinski definition) is 1. The molecule has 0 amide bonds. The van der Waals surface area contributed by atoms with E-state index in [1.807, 2.05) is 19.9 Å². The summed E-state index contributed by atoms with van der Waals surface area (Å²) in [5.74, 6) is 0. The summed E-state index contributed by atoms with van der Waals surface area (Å²) in [5.41, 5.74) is -0.438. The molecule has 0 unspecified atom stereocenters. The summed E-state index contributed by atoms with van der Waals surface area (Å²) < 4.78 is 27.8. The first-order valence-electron chi connectivity index (χ1n) is 6.99. The molecule has 6 heteroatoms. The Morgan fingerprint density at radius 2 is 2.10 bits per heavy atom. The topological polar surface area (TPSA) is 62.3 Å². The number of benzene rings is 1. The van der Waals surface area contributed by atoms with Crippen molar-refractivity contribution in [3.05, 3.63) is 36.7 Å². The van der Waals surface area contributed by atoms with Crippen molar-refractivity contribution in [2.45, 2.75) is 24.3 Å². The van der Waals surface area contributed by atoms with Crippen molar-refractivity contribution in [2.75, 3.05) is 19.6 Å². The van der Waals surface area contributed by atoms with Gasteiger partial charge in [0.05, 0.1) is 4.90 Å². The fraction of sp³-hybridized carbons (Fsp3) is 0.400. The second kappa shape index (κ2) is 5.05. The van der Waals surface area contributed by atoms with Crippen LogP contribution in [0.3, 0.4) is 0 Å². The number of rotatable bonds is 2. The number of sulfonamides is 1. The van der Waals surface area contributed by atoms with Crippen LogP contribution in [0.2, 0.25) is 0 Å². The van der Waals surface area contributed by atoms with E-state index in [9.17, 15) is 8.42 Å². The van der Waals surface area contributed by atoms with Crippen LogP contribution in [0.4, 0.5) is 0 Å². The van der Waals surface area contributed by atoms with Gasteiger partial charge in [0.15, 0.2) is 0 Å². The molecule has 1 N–H and O–H groups in total. The third-order valence-electron chi connectivity index (χ3n) is 3.93. The highest BCUT2D eigenvalue weighted by Gasteiger charge is 2.39. The molecule has 0 radical (unpaired) electrons. The van der Waals surface area contributed by atoms with Gasteiger partial charge in [0.2, 0.25) is 10.0 Å². The van der Waals surface area contributed by atoms with E-state index in [1.165, 1.54) is 0 Å². The van der Waals surface area contributed by atoms with Crippen LogP contribution in [0.1, 0.15) is 13.8 Å². The SMILES string of the molecule is CC1(C)CNCCN1S(=O)(=O)c1cccc2cnccc12. The first-order valence-corrected chi connectivity index (χ1v) is 8.43. The van der Waals surface area contributed by atoms with E-state index < -0.39 is 15.6 Å². The monoisotopic (exact) mass is 305 g/mol. The summed E-state index contributed by atoms with van der Waals surface area (Å²) in [6, 6.07) is 7.09. The second-order valence-electron chi connectivity index (χ2n) is 5.92. The van der Waals surface area contributed by atoms with E-state index in [2.05, 4.69) is 10.3 Å². The second-order valence-corrected chi connectivity index (χ2v) is 7.75. The zero-order valence-electron chi connectivity index (χ0n) is 12.2. The molecular formula is C15H19N3O2S. The fourth-order valence-corrected chi connectivity index (χ4v) is 4.85. The summed E-state index contributed by atoms with van der Waals surface area (Å²) in [6.45, 7) is 5.71. The molecule has 1 aliphatic rings. The van der Waals surface area contributed by atoms with Crippen LogP contribution in [0.5, 0.6) is 0 Å². The largest absolute Gasteiger partial charge is 0.314 e. The third-order valence-corrected chi connectivity index (χ3v) is 6.10. The number of nitrogens with one attached hydrogen (secondary N) is 1. The Hall–Kier alpha value is -1.50. The van der Waals surface area contributed by atoms with E-state index in [0.717, 1.165) is 10.8 Å². The fourth-order valence-electron chi connectivity index (χ4n) is 2.85. The van der Waals surface area contributed by atoms with Crippen LogP contribution < -0.4 is 5.32 Å². The molecule has 3 rings (SSSR count). The number of pyridine rings is 1. The molecule has 5 nitrogen and oxygen atoms in total. The molecule has 0 aliphatic carbocycles. The number of nitrogens with zero attached hydrogens (tertiary/aromatic N) is 2. The van der Waals surface area contributed by atoms with Gasteiger partial charge in [0.1, 0.15) is 0 Å². The zero-order chi connectivity index (χ0) is 15.1. The van der Waals surface area contributed by atoms with Gasteiger partial charge in [-0.1, -0.05) is 12.1 Å². The summed E-state index contributed by atoms with van der Waals surface area (Å²) in [7, 11) is -3.53. The molecule has 0 saturated carbocycles. The minimum Gasteiger partial charge on any atom is -0.314 e. The van der Waals surface area contributed by atoms with Crippen molar-refractivity contribution >= 4 is 20.8 Å². The summed E-state index contributed by atoms with van der Waals surface area (Å²) in [5, 5.41) is 4.81. The molecule has 0 bridgehead atoms. The molecular weight excluding hydrogens is 286 g/mol. The van der Waals surface area contributed by atoms with Gasteiger partial charge in [-0.3, -0.25) is 4.98 Å². The highest BCUT2D eigenvalue weighted by atomic mass is 32.2. The maximum Gasteiger partial charge on any atom is 0.244 e. The van der Waals surface area contributed by atoms with E-state index in [1.54, 1.807) is 34.9 Å². The van der Waals surface area contributed by atoms with Crippen molar-refractivity contribution in [1.82, 2.24) is 14.6 Å². The van der Waals surface area contributed by atoms with Crippen LogP contribution in [0.25, 0.3) is 10.8 Å². The highest BCUT2D eigenvalue weighted by Crippen LogP contribution is 2.30. The molecule has 0 atom stereocenters. The molecule has 1 aromatic carbocycles. The van der Waals surface area contributed by atoms with Gasteiger partial charge < -0.3 is 5.32 Å². The van der Waals surface area contributed by atoms with Crippen molar-refractivity contribution in [1.29, 1.82) is 0 Å². The normalized spacial score (nSPS) is 19.7. The van der Waals surface area contributed by atoms with Gasteiger partial charge in [0, 0.05) is 48.3 Å². The molecule has 2 aromatic rings. The number of hydrogen-bond acceptors (Lipinski definition) is 4. The average molecular weight is 305 g/mol. The zero-order valence-corrected chi connectivity index (χ0v) is 13.0. The molecule has 1 fully saturated rings. The van der Waals surface area contributed by atoms with Gasteiger partial charge in [-0.2, -0.15) is 4.31 Å². The summed E-state index contributed by atoms with van der Waals surface area (Å²) in [6.07, 6.45) is 3.32. The Balaban J connectivity index is 2.17. The lowest BCUT2D eigenvalue weighted by Crippen LogP contribution is -2.59. The Kier molecular flexibility index (Phi) is 3.47. The predicted octanol–water partition coefficient (Wildman–Crippen LogP) is 1.61. The van der Waals surface area contributed by atoms with E-state index in [4.69, 9.17) is 0 Å². The number of aromatic nitrogens is 1. The van der Waals surface area contributed by atoms with Gasteiger partial charge in [0.25, 0.3) is 0 Å². The van der Waals surface area contributed by atoms with Crippen molar-refractivity contribution in [3.8, 4) is 0 Å². The first kappa shape index (κ1) is 14.4. The lowest BCUT2D eigenvalue weighted by Gasteiger charge is -2.41. The van der Waals surface area contributed by atoms with Crippen molar-refractivity contribution < 1.29 is 8.42 Å². The van der Waals surface area contributed by atoms with Crippen LogP contribution >= 0.6 is 0 Å². The highest BCUT2D eigenvalue weighted by molar-refractivity contribution is 7.89. The molecule has 1 saturated heterocycles. The molecule has 1 aromatic heterocycles. The van der Waals surface area contributed by atoms with Crippen LogP contribution in [-0.4, -0.2) is 42.9 Å². The lowest BCUT2D eigenvalue weighted by molar-refractivity contribution is 0.186. The number of fused-ring (bicyclic) bond motifs is 1.